The average Bonchev–Trinajstić information content (AvgIpc) is 2.19. The van der Waals surface area contributed by atoms with Gasteiger partial charge in [-0.1, -0.05) is 0 Å². The van der Waals surface area contributed by atoms with E-state index in [4.69, 9.17) is 16.2 Å². The Kier molecular flexibility index (Phi) is 2.43. The molecule has 14 heavy (non-hydrogen) atoms. The van der Waals surface area contributed by atoms with Crippen LogP contribution in [0.5, 0.6) is 0 Å². The zero-order chi connectivity index (χ0) is 10.0. The van der Waals surface area contributed by atoms with Crippen molar-refractivity contribution in [2.24, 2.45) is 22.4 Å². The number of nitrogens with two attached hydrogens (primary N) is 2. The van der Waals surface area contributed by atoms with Crippen LogP contribution < -0.4 is 16.8 Å². The Hall–Kier alpha value is -1.07. The molecule has 2 aliphatic rings. The van der Waals surface area contributed by atoms with Gasteiger partial charge in [0.1, 0.15) is 5.84 Å². The largest absolute Gasteiger partial charge is 0.384 e. The van der Waals surface area contributed by atoms with E-state index in [1.165, 1.54) is 0 Å². The Balaban J connectivity index is 2.11. The van der Waals surface area contributed by atoms with Crippen LogP contribution >= 0.6 is 0 Å². The number of ether oxygens (including phenoxy) is 1. The Labute approximate surface area is 83.2 Å². The van der Waals surface area contributed by atoms with Gasteiger partial charge in [0.05, 0.1) is 0 Å². The third kappa shape index (κ3) is 1.73. The molecule has 0 bridgehead atoms. The van der Waals surface area contributed by atoms with Gasteiger partial charge in [-0.3, -0.25) is 5.73 Å². The lowest BCUT2D eigenvalue weighted by Crippen LogP contribution is -2.58. The van der Waals surface area contributed by atoms with Gasteiger partial charge in [-0.15, -0.1) is 0 Å². The van der Waals surface area contributed by atoms with Crippen LogP contribution in [0.15, 0.2) is 17.3 Å². The topological polar surface area (TPSA) is 85.7 Å². The van der Waals surface area contributed by atoms with Gasteiger partial charge in [-0.05, 0) is 18.9 Å². The van der Waals surface area contributed by atoms with E-state index in [0.717, 1.165) is 26.1 Å². The van der Waals surface area contributed by atoms with Gasteiger partial charge in [-0.25, -0.2) is 4.99 Å². The zero-order valence-corrected chi connectivity index (χ0v) is 8.07. The first-order valence-electron chi connectivity index (χ1n) is 4.87. The van der Waals surface area contributed by atoms with Crippen molar-refractivity contribution in [2.75, 3.05) is 13.2 Å². The summed E-state index contributed by atoms with van der Waals surface area (Å²) in [6, 6.07) is 0. The number of hydrogen-bond donors (Lipinski definition) is 3. The summed E-state index contributed by atoms with van der Waals surface area (Å²) >= 11 is 0. The van der Waals surface area contributed by atoms with Crippen molar-refractivity contribution < 1.29 is 4.74 Å². The van der Waals surface area contributed by atoms with Crippen LogP contribution in [-0.2, 0) is 4.74 Å². The fraction of sp³-hybridized carbons (Fsp3) is 0.667. The molecule has 2 heterocycles. The lowest BCUT2D eigenvalue weighted by atomic mass is 9.92. The third-order valence-corrected chi connectivity index (χ3v) is 2.73. The number of nitrogens with zero attached hydrogens (tertiary/aromatic N) is 1. The molecular formula is C9H16N4O. The van der Waals surface area contributed by atoms with Crippen molar-refractivity contribution in [2.45, 2.75) is 18.6 Å². The number of aliphatic imine (C=N–C) groups is 1. The number of amidine groups is 1. The molecule has 2 rings (SSSR count). The molecule has 5 heteroatoms. The maximum atomic E-state index is 6.14. The molecule has 0 amide bonds. The monoisotopic (exact) mass is 196 g/mol. The van der Waals surface area contributed by atoms with E-state index >= 15 is 0 Å². The number of rotatable bonds is 1. The van der Waals surface area contributed by atoms with Gasteiger partial charge in [0, 0.05) is 25.3 Å². The molecule has 0 aliphatic carbocycles. The SMILES string of the molecule is NC1=NC(N)(C2CCOCC2)NC=C1. The van der Waals surface area contributed by atoms with E-state index in [2.05, 4.69) is 10.3 Å². The fourth-order valence-corrected chi connectivity index (χ4v) is 1.89. The maximum absolute atomic E-state index is 6.14. The van der Waals surface area contributed by atoms with Crippen molar-refractivity contribution in [1.82, 2.24) is 5.32 Å². The van der Waals surface area contributed by atoms with E-state index in [-0.39, 0.29) is 0 Å². The molecule has 1 fully saturated rings. The zero-order valence-electron chi connectivity index (χ0n) is 8.07. The molecule has 0 spiro atoms. The minimum Gasteiger partial charge on any atom is -0.384 e. The van der Waals surface area contributed by atoms with Crippen molar-refractivity contribution in [3.8, 4) is 0 Å². The van der Waals surface area contributed by atoms with Crippen molar-refractivity contribution in [1.29, 1.82) is 0 Å². The molecule has 5 nitrogen and oxygen atoms in total. The normalized spacial score (nSPS) is 33.6. The lowest BCUT2D eigenvalue weighted by molar-refractivity contribution is 0.0346. The molecule has 78 valence electrons. The smallest absolute Gasteiger partial charge is 0.187 e. The molecule has 0 saturated carbocycles. The molecule has 5 N–H and O–H groups in total. The van der Waals surface area contributed by atoms with Crippen LogP contribution in [0.2, 0.25) is 0 Å². The van der Waals surface area contributed by atoms with Crippen molar-refractivity contribution in [3.63, 3.8) is 0 Å². The molecule has 1 unspecified atom stereocenters. The van der Waals surface area contributed by atoms with Gasteiger partial charge in [-0.2, -0.15) is 0 Å². The summed E-state index contributed by atoms with van der Waals surface area (Å²) < 4.78 is 5.28. The van der Waals surface area contributed by atoms with E-state index in [9.17, 15) is 0 Å². The highest BCUT2D eigenvalue weighted by molar-refractivity contribution is 5.92. The van der Waals surface area contributed by atoms with Crippen molar-refractivity contribution >= 4 is 5.84 Å². The molecule has 2 aliphatic heterocycles. The molecular weight excluding hydrogens is 180 g/mol. The molecule has 0 aromatic carbocycles. The van der Waals surface area contributed by atoms with Crippen LogP contribution in [0.4, 0.5) is 0 Å². The van der Waals surface area contributed by atoms with Gasteiger partial charge < -0.3 is 15.8 Å². The second kappa shape index (κ2) is 3.59. The minimum atomic E-state index is -0.734. The van der Waals surface area contributed by atoms with E-state index in [0.29, 0.717) is 11.8 Å². The van der Waals surface area contributed by atoms with Crippen LogP contribution in [0.1, 0.15) is 12.8 Å². The van der Waals surface area contributed by atoms with E-state index in [1.54, 1.807) is 12.3 Å². The number of hydrogen-bond acceptors (Lipinski definition) is 5. The number of nitrogens with one attached hydrogen (secondary N) is 1. The first-order chi connectivity index (χ1) is 6.71. The molecule has 1 atom stereocenters. The van der Waals surface area contributed by atoms with Crippen LogP contribution in [0.25, 0.3) is 0 Å². The van der Waals surface area contributed by atoms with Crippen LogP contribution in [0.3, 0.4) is 0 Å². The van der Waals surface area contributed by atoms with Crippen LogP contribution in [-0.4, -0.2) is 24.8 Å². The third-order valence-electron chi connectivity index (χ3n) is 2.73. The first kappa shape index (κ1) is 9.48. The standard InChI is InChI=1S/C9H16N4O/c10-8-1-4-12-9(11,13-8)7-2-5-14-6-3-7/h1,4,7,12H,2-3,5-6,11H2,(H2,10,13). The van der Waals surface area contributed by atoms with Crippen molar-refractivity contribution in [3.05, 3.63) is 12.3 Å². The van der Waals surface area contributed by atoms with E-state index < -0.39 is 5.79 Å². The highest BCUT2D eigenvalue weighted by atomic mass is 16.5. The highest BCUT2D eigenvalue weighted by Crippen LogP contribution is 2.25. The Morgan fingerprint density at radius 1 is 1.50 bits per heavy atom. The predicted octanol–water partition coefficient (Wildman–Crippen LogP) is -0.500. The van der Waals surface area contributed by atoms with Gasteiger partial charge in [0.25, 0.3) is 0 Å². The minimum absolute atomic E-state index is 0.291. The Morgan fingerprint density at radius 2 is 2.21 bits per heavy atom. The summed E-state index contributed by atoms with van der Waals surface area (Å²) in [5.41, 5.74) is 11.8. The quantitative estimate of drug-likeness (QED) is 0.527. The van der Waals surface area contributed by atoms with Gasteiger partial charge in [0.2, 0.25) is 0 Å². The first-order valence-corrected chi connectivity index (χ1v) is 4.87. The molecule has 0 aromatic heterocycles. The summed E-state index contributed by atoms with van der Waals surface area (Å²) in [5.74, 6) is 0.0419. The van der Waals surface area contributed by atoms with Crippen LogP contribution in [0, 0.1) is 5.92 Å². The molecule has 0 radical (unpaired) electrons. The fourth-order valence-electron chi connectivity index (χ4n) is 1.89. The molecule has 0 aromatic rings. The second-order valence-electron chi connectivity index (χ2n) is 3.73. The van der Waals surface area contributed by atoms with Gasteiger partial charge in [0.15, 0.2) is 5.79 Å². The Bertz CT molecular complexity index is 270. The predicted molar refractivity (Wildman–Crippen MR) is 54.4 cm³/mol. The summed E-state index contributed by atoms with van der Waals surface area (Å²) in [6.07, 6.45) is 5.32. The summed E-state index contributed by atoms with van der Waals surface area (Å²) in [7, 11) is 0. The Morgan fingerprint density at radius 3 is 2.86 bits per heavy atom. The van der Waals surface area contributed by atoms with E-state index in [1.807, 2.05) is 0 Å². The second-order valence-corrected chi connectivity index (χ2v) is 3.73. The summed E-state index contributed by atoms with van der Waals surface area (Å²) in [4.78, 5) is 4.26. The summed E-state index contributed by atoms with van der Waals surface area (Å²) in [5, 5.41) is 3.07. The average molecular weight is 196 g/mol. The highest BCUT2D eigenvalue weighted by Gasteiger charge is 2.36. The molecule has 1 saturated heterocycles. The van der Waals surface area contributed by atoms with Gasteiger partial charge >= 0.3 is 0 Å². The summed E-state index contributed by atoms with van der Waals surface area (Å²) in [6.45, 7) is 1.51. The maximum Gasteiger partial charge on any atom is 0.187 e. The lowest BCUT2D eigenvalue weighted by Gasteiger charge is -2.37.